The van der Waals surface area contributed by atoms with Crippen LogP contribution in [0.4, 0.5) is 11.4 Å². The van der Waals surface area contributed by atoms with Crippen LogP contribution in [0.3, 0.4) is 0 Å². The molecule has 0 aliphatic carbocycles. The number of morpholine rings is 1. The highest BCUT2D eigenvalue weighted by Gasteiger charge is 2.19. The molecule has 1 atom stereocenters. The van der Waals surface area contributed by atoms with Gasteiger partial charge in [0.2, 0.25) is 0 Å². The molecule has 0 aromatic heterocycles. The molecule has 16 heavy (non-hydrogen) atoms. The van der Waals surface area contributed by atoms with Crippen LogP contribution in [0, 0.1) is 10.1 Å². The van der Waals surface area contributed by atoms with Crippen LogP contribution in [0.15, 0.2) is 18.2 Å². The van der Waals surface area contributed by atoms with E-state index in [0.29, 0.717) is 13.2 Å². The molecule has 1 aliphatic rings. The number of nitrogens with one attached hydrogen (secondary N) is 1. The average Bonchev–Trinajstić information content (AvgIpc) is 2.30. The Morgan fingerprint density at radius 2 is 2.38 bits per heavy atom. The fraction of sp³-hybridized carbons (Fsp3) is 0.400. The number of anilines is 1. The minimum Gasteiger partial charge on any atom is -0.393 e. The molecule has 3 N–H and O–H groups in total. The monoisotopic (exact) mass is 223 g/mol. The van der Waals surface area contributed by atoms with Crippen molar-refractivity contribution in [3.05, 3.63) is 33.9 Å². The Morgan fingerprint density at radius 3 is 3.00 bits per heavy atom. The molecule has 2 rings (SSSR count). The summed E-state index contributed by atoms with van der Waals surface area (Å²) < 4.78 is 5.51. The van der Waals surface area contributed by atoms with Gasteiger partial charge < -0.3 is 15.8 Å². The molecule has 0 amide bonds. The first kappa shape index (κ1) is 10.8. The summed E-state index contributed by atoms with van der Waals surface area (Å²) in [6.07, 6.45) is -0.131. The molecule has 0 radical (unpaired) electrons. The van der Waals surface area contributed by atoms with E-state index in [-0.39, 0.29) is 17.5 Å². The molecular weight excluding hydrogens is 210 g/mol. The average molecular weight is 223 g/mol. The highest BCUT2D eigenvalue weighted by Crippen LogP contribution is 2.27. The van der Waals surface area contributed by atoms with E-state index in [9.17, 15) is 10.1 Å². The number of nitro groups is 1. The van der Waals surface area contributed by atoms with E-state index < -0.39 is 4.92 Å². The van der Waals surface area contributed by atoms with Crippen LogP contribution in [0.25, 0.3) is 0 Å². The van der Waals surface area contributed by atoms with Crippen LogP contribution in [0.2, 0.25) is 0 Å². The molecule has 1 fully saturated rings. The van der Waals surface area contributed by atoms with Gasteiger partial charge in [0.1, 0.15) is 5.69 Å². The first-order valence-electron chi connectivity index (χ1n) is 5.04. The molecule has 86 valence electrons. The molecule has 0 bridgehead atoms. The van der Waals surface area contributed by atoms with Gasteiger partial charge in [-0.2, -0.15) is 0 Å². The Balaban J connectivity index is 2.27. The van der Waals surface area contributed by atoms with Crippen LogP contribution in [0.1, 0.15) is 11.7 Å². The largest absolute Gasteiger partial charge is 0.393 e. The lowest BCUT2D eigenvalue weighted by Gasteiger charge is -2.23. The van der Waals surface area contributed by atoms with E-state index in [4.69, 9.17) is 10.5 Å². The van der Waals surface area contributed by atoms with Crippen molar-refractivity contribution >= 4 is 11.4 Å². The number of rotatable bonds is 2. The molecule has 0 spiro atoms. The highest BCUT2D eigenvalue weighted by molar-refractivity contribution is 5.59. The van der Waals surface area contributed by atoms with Crippen LogP contribution in [-0.2, 0) is 4.74 Å². The lowest BCUT2D eigenvalue weighted by atomic mass is 10.1. The Bertz CT molecular complexity index is 402. The molecule has 0 saturated carbocycles. The topological polar surface area (TPSA) is 90.4 Å². The maximum atomic E-state index is 10.7. The van der Waals surface area contributed by atoms with Crippen LogP contribution < -0.4 is 11.1 Å². The summed E-state index contributed by atoms with van der Waals surface area (Å²) >= 11 is 0. The second-order valence-electron chi connectivity index (χ2n) is 3.64. The Kier molecular flexibility index (Phi) is 3.02. The number of ether oxygens (including phenoxy) is 1. The summed E-state index contributed by atoms with van der Waals surface area (Å²) in [5, 5.41) is 13.9. The number of nitrogens with two attached hydrogens (primary N) is 1. The summed E-state index contributed by atoms with van der Waals surface area (Å²) in [7, 11) is 0. The van der Waals surface area contributed by atoms with Gasteiger partial charge in [-0.1, -0.05) is 6.07 Å². The van der Waals surface area contributed by atoms with E-state index in [1.807, 2.05) is 0 Å². The first-order valence-corrected chi connectivity index (χ1v) is 5.04. The summed E-state index contributed by atoms with van der Waals surface area (Å²) in [5.74, 6) is 0. The second-order valence-corrected chi connectivity index (χ2v) is 3.64. The van der Waals surface area contributed by atoms with Gasteiger partial charge in [-0.25, -0.2) is 0 Å². The van der Waals surface area contributed by atoms with Crippen LogP contribution in [0.5, 0.6) is 0 Å². The van der Waals surface area contributed by atoms with Crippen molar-refractivity contribution in [3.63, 3.8) is 0 Å². The standard InChI is InChI=1S/C10H13N3O3/c11-8-2-1-7(5-9(8)13(14)15)10-6-12-3-4-16-10/h1-2,5,10,12H,3-4,6,11H2. The molecule has 1 unspecified atom stereocenters. The molecule has 6 heteroatoms. The Morgan fingerprint density at radius 1 is 1.56 bits per heavy atom. The first-order chi connectivity index (χ1) is 7.68. The van der Waals surface area contributed by atoms with Crippen molar-refractivity contribution in [3.8, 4) is 0 Å². The third-order valence-corrected chi connectivity index (χ3v) is 2.55. The zero-order valence-corrected chi connectivity index (χ0v) is 8.68. The quantitative estimate of drug-likeness (QED) is 0.440. The van der Waals surface area contributed by atoms with Crippen molar-refractivity contribution in [2.75, 3.05) is 25.4 Å². The van der Waals surface area contributed by atoms with E-state index in [2.05, 4.69) is 5.32 Å². The van der Waals surface area contributed by atoms with Crippen molar-refractivity contribution < 1.29 is 9.66 Å². The summed E-state index contributed by atoms with van der Waals surface area (Å²) in [5.41, 5.74) is 6.42. The predicted molar refractivity (Wildman–Crippen MR) is 59.1 cm³/mol. The molecular formula is C10H13N3O3. The van der Waals surface area contributed by atoms with Crippen LogP contribution in [-0.4, -0.2) is 24.6 Å². The van der Waals surface area contributed by atoms with E-state index >= 15 is 0 Å². The lowest BCUT2D eigenvalue weighted by molar-refractivity contribution is -0.384. The Labute approximate surface area is 92.5 Å². The molecule has 6 nitrogen and oxygen atoms in total. The molecule has 1 aliphatic heterocycles. The number of hydrogen-bond acceptors (Lipinski definition) is 5. The Hall–Kier alpha value is -1.66. The number of benzene rings is 1. The predicted octanol–water partition coefficient (Wildman–Crippen LogP) is 0.838. The van der Waals surface area contributed by atoms with Gasteiger partial charge in [-0.15, -0.1) is 0 Å². The molecule has 1 aromatic rings. The van der Waals surface area contributed by atoms with Crippen LogP contribution >= 0.6 is 0 Å². The summed E-state index contributed by atoms with van der Waals surface area (Å²) in [6.45, 7) is 2.09. The van der Waals surface area contributed by atoms with Gasteiger partial charge in [-0.3, -0.25) is 10.1 Å². The van der Waals surface area contributed by atoms with Crippen molar-refractivity contribution in [1.29, 1.82) is 0 Å². The number of nitro benzene ring substituents is 1. The molecule has 1 saturated heterocycles. The SMILES string of the molecule is Nc1ccc(C2CNCCO2)cc1[N+](=O)[O-]. The molecule has 1 heterocycles. The summed E-state index contributed by atoms with van der Waals surface area (Å²) in [4.78, 5) is 10.2. The van der Waals surface area contributed by atoms with E-state index in [0.717, 1.165) is 12.1 Å². The van der Waals surface area contributed by atoms with Crippen molar-refractivity contribution in [1.82, 2.24) is 5.32 Å². The molecule has 1 aromatic carbocycles. The highest BCUT2D eigenvalue weighted by atomic mass is 16.6. The van der Waals surface area contributed by atoms with Gasteiger partial charge in [0.15, 0.2) is 0 Å². The fourth-order valence-corrected chi connectivity index (χ4v) is 1.70. The number of nitrogen functional groups attached to an aromatic ring is 1. The zero-order valence-electron chi connectivity index (χ0n) is 8.68. The van der Waals surface area contributed by atoms with Crippen molar-refractivity contribution in [2.24, 2.45) is 0 Å². The van der Waals surface area contributed by atoms with Gasteiger partial charge >= 0.3 is 0 Å². The van der Waals surface area contributed by atoms with E-state index in [1.165, 1.54) is 6.07 Å². The minimum atomic E-state index is -0.477. The number of nitrogens with zero attached hydrogens (tertiary/aromatic N) is 1. The zero-order chi connectivity index (χ0) is 11.5. The fourth-order valence-electron chi connectivity index (χ4n) is 1.70. The van der Waals surface area contributed by atoms with E-state index in [1.54, 1.807) is 12.1 Å². The normalized spacial score (nSPS) is 20.6. The summed E-state index contributed by atoms with van der Waals surface area (Å²) in [6, 6.07) is 4.79. The smallest absolute Gasteiger partial charge is 0.292 e. The number of hydrogen-bond donors (Lipinski definition) is 2. The van der Waals surface area contributed by atoms with Gasteiger partial charge in [0.05, 0.1) is 17.6 Å². The maximum absolute atomic E-state index is 10.7. The third kappa shape index (κ3) is 2.12. The van der Waals surface area contributed by atoms with Gasteiger partial charge in [0.25, 0.3) is 5.69 Å². The lowest BCUT2D eigenvalue weighted by Crippen LogP contribution is -2.33. The van der Waals surface area contributed by atoms with Crippen molar-refractivity contribution in [2.45, 2.75) is 6.10 Å². The second kappa shape index (κ2) is 4.46. The van der Waals surface area contributed by atoms with Gasteiger partial charge in [-0.05, 0) is 11.6 Å². The maximum Gasteiger partial charge on any atom is 0.292 e. The van der Waals surface area contributed by atoms with Gasteiger partial charge in [0, 0.05) is 19.2 Å². The minimum absolute atomic E-state index is 0.0633. The third-order valence-electron chi connectivity index (χ3n) is 2.55.